The van der Waals surface area contributed by atoms with Crippen molar-refractivity contribution in [3.8, 4) is 17.2 Å². The highest BCUT2D eigenvalue weighted by Crippen LogP contribution is 2.45. The number of hydrogen-bond donors (Lipinski definition) is 0. The smallest absolute Gasteiger partial charge is 0.208 e. The van der Waals surface area contributed by atoms with Gasteiger partial charge in [-0.1, -0.05) is 0 Å². The van der Waals surface area contributed by atoms with Crippen LogP contribution in [-0.2, 0) is 0 Å². The van der Waals surface area contributed by atoms with E-state index in [0.29, 0.717) is 22.8 Å². The Balaban J connectivity index is 2.88. The van der Waals surface area contributed by atoms with Crippen LogP contribution in [0.5, 0.6) is 17.2 Å². The van der Waals surface area contributed by atoms with Gasteiger partial charge in [0.2, 0.25) is 11.5 Å². The molecule has 0 aliphatic heterocycles. The van der Waals surface area contributed by atoms with E-state index in [4.69, 9.17) is 18.6 Å². The zero-order valence-electron chi connectivity index (χ0n) is 10.7. The molecule has 4 nitrogen and oxygen atoms in total. The minimum atomic E-state index is 0.552. The second-order valence-electron chi connectivity index (χ2n) is 3.81. The highest BCUT2D eigenvalue weighted by atomic mass is 16.5. The van der Waals surface area contributed by atoms with Gasteiger partial charge in [0.1, 0.15) is 5.76 Å². The quantitative estimate of drug-likeness (QED) is 0.821. The molecule has 1 heterocycles. The molecular weight excluding hydrogens is 220 g/mol. The van der Waals surface area contributed by atoms with E-state index in [1.807, 2.05) is 19.9 Å². The molecule has 0 radical (unpaired) electrons. The van der Waals surface area contributed by atoms with Crippen molar-refractivity contribution in [1.82, 2.24) is 0 Å². The average molecular weight is 236 g/mol. The van der Waals surface area contributed by atoms with E-state index in [-0.39, 0.29) is 0 Å². The van der Waals surface area contributed by atoms with E-state index >= 15 is 0 Å². The van der Waals surface area contributed by atoms with E-state index in [9.17, 15) is 0 Å². The molecule has 0 spiro atoms. The third kappa shape index (κ3) is 1.60. The first-order valence-electron chi connectivity index (χ1n) is 5.32. The Kier molecular flexibility index (Phi) is 2.88. The minimum absolute atomic E-state index is 0.552. The third-order valence-corrected chi connectivity index (χ3v) is 2.97. The maximum absolute atomic E-state index is 5.70. The van der Waals surface area contributed by atoms with Gasteiger partial charge in [-0.25, -0.2) is 0 Å². The molecule has 92 valence electrons. The molecule has 0 atom stereocenters. The van der Waals surface area contributed by atoms with Crippen LogP contribution < -0.4 is 14.2 Å². The van der Waals surface area contributed by atoms with Crippen LogP contribution in [0.25, 0.3) is 11.0 Å². The van der Waals surface area contributed by atoms with Gasteiger partial charge in [0.25, 0.3) is 0 Å². The topological polar surface area (TPSA) is 40.8 Å². The molecule has 0 bridgehead atoms. The Morgan fingerprint density at radius 3 is 2.12 bits per heavy atom. The van der Waals surface area contributed by atoms with Crippen LogP contribution in [0, 0.1) is 13.8 Å². The molecule has 2 rings (SSSR count). The average Bonchev–Trinajstić information content (AvgIpc) is 2.63. The molecule has 0 saturated heterocycles. The predicted molar refractivity (Wildman–Crippen MR) is 65.3 cm³/mol. The van der Waals surface area contributed by atoms with E-state index in [0.717, 1.165) is 16.7 Å². The lowest BCUT2D eigenvalue weighted by molar-refractivity contribution is 0.324. The first-order valence-corrected chi connectivity index (χ1v) is 5.32. The minimum Gasteiger partial charge on any atom is -0.493 e. The summed E-state index contributed by atoms with van der Waals surface area (Å²) in [7, 11) is 4.77. The second kappa shape index (κ2) is 4.20. The first kappa shape index (κ1) is 11.6. The van der Waals surface area contributed by atoms with Gasteiger partial charge in [-0.2, -0.15) is 0 Å². The first-order chi connectivity index (χ1) is 8.13. The standard InChI is InChI=1S/C13H16O4/c1-7-8(2)17-11-9(7)6-10(14-3)12(15-4)13(11)16-5/h6H,1-5H3. The van der Waals surface area contributed by atoms with Crippen molar-refractivity contribution in [2.24, 2.45) is 0 Å². The van der Waals surface area contributed by atoms with E-state index in [1.54, 1.807) is 21.3 Å². The van der Waals surface area contributed by atoms with Crippen LogP contribution in [0.4, 0.5) is 0 Å². The van der Waals surface area contributed by atoms with Gasteiger partial charge < -0.3 is 18.6 Å². The van der Waals surface area contributed by atoms with Gasteiger partial charge in [0.05, 0.1) is 21.3 Å². The van der Waals surface area contributed by atoms with Gasteiger partial charge >= 0.3 is 0 Å². The van der Waals surface area contributed by atoms with Crippen LogP contribution in [0.2, 0.25) is 0 Å². The lowest BCUT2D eigenvalue weighted by atomic mass is 10.1. The fourth-order valence-corrected chi connectivity index (χ4v) is 1.93. The van der Waals surface area contributed by atoms with Crippen LogP contribution in [0.3, 0.4) is 0 Å². The highest BCUT2D eigenvalue weighted by Gasteiger charge is 2.20. The van der Waals surface area contributed by atoms with Gasteiger partial charge in [-0.05, 0) is 25.5 Å². The summed E-state index contributed by atoms with van der Waals surface area (Å²) >= 11 is 0. The zero-order chi connectivity index (χ0) is 12.6. The SMILES string of the molecule is COc1cc2c(C)c(C)oc2c(OC)c1OC. The van der Waals surface area contributed by atoms with Crippen LogP contribution in [0.15, 0.2) is 10.5 Å². The van der Waals surface area contributed by atoms with Gasteiger partial charge in [0.15, 0.2) is 11.3 Å². The fraction of sp³-hybridized carbons (Fsp3) is 0.385. The molecule has 0 aliphatic rings. The normalized spacial score (nSPS) is 10.6. The lowest BCUT2D eigenvalue weighted by Gasteiger charge is -2.12. The number of methoxy groups -OCH3 is 3. The molecule has 0 saturated carbocycles. The Hall–Kier alpha value is -1.84. The van der Waals surface area contributed by atoms with Gasteiger partial charge in [0, 0.05) is 5.39 Å². The van der Waals surface area contributed by atoms with Crippen molar-refractivity contribution in [2.75, 3.05) is 21.3 Å². The number of hydrogen-bond acceptors (Lipinski definition) is 4. The summed E-state index contributed by atoms with van der Waals surface area (Å²) in [6, 6.07) is 1.91. The summed E-state index contributed by atoms with van der Waals surface area (Å²) in [4.78, 5) is 0. The van der Waals surface area contributed by atoms with E-state index < -0.39 is 0 Å². The van der Waals surface area contributed by atoms with Crippen LogP contribution in [0.1, 0.15) is 11.3 Å². The Morgan fingerprint density at radius 2 is 1.59 bits per heavy atom. The number of furan rings is 1. The van der Waals surface area contributed by atoms with Gasteiger partial charge in [-0.15, -0.1) is 0 Å². The molecule has 0 amide bonds. The zero-order valence-corrected chi connectivity index (χ0v) is 10.7. The molecule has 1 aromatic carbocycles. The largest absolute Gasteiger partial charge is 0.493 e. The Bertz CT molecular complexity index is 554. The summed E-state index contributed by atoms with van der Waals surface area (Å²) in [6.07, 6.45) is 0. The van der Waals surface area contributed by atoms with E-state index in [1.165, 1.54) is 0 Å². The van der Waals surface area contributed by atoms with Crippen molar-refractivity contribution in [3.05, 3.63) is 17.4 Å². The van der Waals surface area contributed by atoms with Crippen LogP contribution in [-0.4, -0.2) is 21.3 Å². The van der Waals surface area contributed by atoms with Crippen molar-refractivity contribution in [3.63, 3.8) is 0 Å². The Labute approximate surface area is 100 Å². The molecule has 0 N–H and O–H groups in total. The van der Waals surface area contributed by atoms with Crippen molar-refractivity contribution < 1.29 is 18.6 Å². The molecule has 17 heavy (non-hydrogen) atoms. The molecule has 4 heteroatoms. The monoisotopic (exact) mass is 236 g/mol. The summed E-state index contributed by atoms with van der Waals surface area (Å²) in [5.41, 5.74) is 1.78. The maximum atomic E-state index is 5.70. The highest BCUT2D eigenvalue weighted by molar-refractivity contribution is 5.91. The summed E-state index contributed by atoms with van der Waals surface area (Å²) in [5, 5.41) is 0.983. The molecule has 0 aliphatic carbocycles. The summed E-state index contributed by atoms with van der Waals surface area (Å²) in [6.45, 7) is 3.93. The van der Waals surface area contributed by atoms with Crippen molar-refractivity contribution in [2.45, 2.75) is 13.8 Å². The fourth-order valence-electron chi connectivity index (χ4n) is 1.93. The van der Waals surface area contributed by atoms with Crippen molar-refractivity contribution in [1.29, 1.82) is 0 Å². The molecule has 0 fully saturated rings. The predicted octanol–water partition coefficient (Wildman–Crippen LogP) is 3.08. The third-order valence-electron chi connectivity index (χ3n) is 2.97. The molecule has 0 unspecified atom stereocenters. The lowest BCUT2D eigenvalue weighted by Crippen LogP contribution is -1.95. The summed E-state index contributed by atoms with van der Waals surface area (Å²) < 4.78 is 21.7. The van der Waals surface area contributed by atoms with E-state index in [2.05, 4.69) is 0 Å². The number of aryl methyl sites for hydroxylation is 2. The summed E-state index contributed by atoms with van der Waals surface area (Å²) in [5.74, 6) is 2.63. The molecule has 1 aromatic heterocycles. The molecular formula is C13H16O4. The number of fused-ring (bicyclic) bond motifs is 1. The number of benzene rings is 1. The van der Waals surface area contributed by atoms with Gasteiger partial charge in [-0.3, -0.25) is 0 Å². The Morgan fingerprint density at radius 1 is 0.941 bits per heavy atom. The van der Waals surface area contributed by atoms with Crippen LogP contribution >= 0.6 is 0 Å². The number of rotatable bonds is 3. The number of ether oxygens (including phenoxy) is 3. The van der Waals surface area contributed by atoms with Crippen molar-refractivity contribution >= 4 is 11.0 Å². The second-order valence-corrected chi connectivity index (χ2v) is 3.81. The molecule has 2 aromatic rings. The maximum Gasteiger partial charge on any atom is 0.208 e.